The fourth-order valence-electron chi connectivity index (χ4n) is 2.59. The lowest BCUT2D eigenvalue weighted by molar-refractivity contribution is 0.104. The summed E-state index contributed by atoms with van der Waals surface area (Å²) in [4.78, 5) is 2.24. The molecular formula is C14H20FNO. The van der Waals surface area contributed by atoms with Gasteiger partial charge in [-0.2, -0.15) is 0 Å². The molecule has 1 aromatic rings. The third-order valence-corrected chi connectivity index (χ3v) is 3.37. The van der Waals surface area contributed by atoms with Crippen molar-refractivity contribution >= 4 is 0 Å². The second-order valence-electron chi connectivity index (χ2n) is 5.78. The van der Waals surface area contributed by atoms with Gasteiger partial charge in [0.25, 0.3) is 0 Å². The van der Waals surface area contributed by atoms with E-state index in [-0.39, 0.29) is 23.5 Å². The lowest BCUT2D eigenvalue weighted by Gasteiger charge is -2.37. The van der Waals surface area contributed by atoms with Crippen molar-refractivity contribution in [3.63, 3.8) is 0 Å². The Hall–Kier alpha value is -0.930. The minimum atomic E-state index is -0.317. The van der Waals surface area contributed by atoms with E-state index in [4.69, 9.17) is 0 Å². The van der Waals surface area contributed by atoms with E-state index in [1.54, 1.807) is 12.1 Å². The van der Waals surface area contributed by atoms with Gasteiger partial charge in [0.1, 0.15) is 5.82 Å². The molecule has 2 atom stereocenters. The Morgan fingerprint density at radius 1 is 1.35 bits per heavy atom. The van der Waals surface area contributed by atoms with Gasteiger partial charge in [-0.1, -0.05) is 12.1 Å². The highest BCUT2D eigenvalue weighted by Crippen LogP contribution is 2.37. The molecule has 17 heavy (non-hydrogen) atoms. The van der Waals surface area contributed by atoms with E-state index < -0.39 is 0 Å². The number of β-amino-alcohol motifs (C(OH)–C–C–N with tert-alkyl or cyclic N) is 1. The fraction of sp³-hybridized carbons (Fsp3) is 0.571. The van der Waals surface area contributed by atoms with Gasteiger partial charge < -0.3 is 5.11 Å². The Morgan fingerprint density at radius 3 is 2.65 bits per heavy atom. The SMILES string of the molecule is CC(C)(C)N1C[C@H](O)C[C@H]1c1cccc(F)c1. The molecule has 1 fully saturated rings. The number of rotatable bonds is 1. The summed E-state index contributed by atoms with van der Waals surface area (Å²) in [6, 6.07) is 6.80. The molecule has 0 radical (unpaired) electrons. The van der Waals surface area contributed by atoms with Gasteiger partial charge in [0.2, 0.25) is 0 Å². The van der Waals surface area contributed by atoms with Crippen molar-refractivity contribution in [2.24, 2.45) is 0 Å². The average Bonchev–Trinajstić information content (AvgIpc) is 2.60. The van der Waals surface area contributed by atoms with Crippen molar-refractivity contribution in [3.05, 3.63) is 35.6 Å². The van der Waals surface area contributed by atoms with Gasteiger partial charge >= 0.3 is 0 Å². The van der Waals surface area contributed by atoms with E-state index in [9.17, 15) is 9.50 Å². The lowest BCUT2D eigenvalue weighted by Crippen LogP contribution is -2.41. The Balaban J connectivity index is 2.30. The van der Waals surface area contributed by atoms with Crippen molar-refractivity contribution in [3.8, 4) is 0 Å². The molecule has 1 aromatic carbocycles. The maximum atomic E-state index is 13.3. The average molecular weight is 237 g/mol. The maximum absolute atomic E-state index is 13.3. The summed E-state index contributed by atoms with van der Waals surface area (Å²) < 4.78 is 13.3. The summed E-state index contributed by atoms with van der Waals surface area (Å²) >= 11 is 0. The molecule has 1 N–H and O–H groups in total. The van der Waals surface area contributed by atoms with Crippen molar-refractivity contribution in [2.45, 2.75) is 44.9 Å². The molecule has 1 heterocycles. The predicted molar refractivity (Wildman–Crippen MR) is 66.2 cm³/mol. The second kappa shape index (κ2) is 4.39. The third kappa shape index (κ3) is 2.67. The van der Waals surface area contributed by atoms with Crippen LogP contribution >= 0.6 is 0 Å². The van der Waals surface area contributed by atoms with Crippen LogP contribution in [0.4, 0.5) is 4.39 Å². The van der Waals surface area contributed by atoms with E-state index >= 15 is 0 Å². The number of benzene rings is 1. The quantitative estimate of drug-likeness (QED) is 0.812. The molecule has 0 aromatic heterocycles. The van der Waals surface area contributed by atoms with Gasteiger partial charge in [0.15, 0.2) is 0 Å². The van der Waals surface area contributed by atoms with E-state index in [0.29, 0.717) is 13.0 Å². The normalized spacial score (nSPS) is 26.4. The summed E-state index contributed by atoms with van der Waals surface area (Å²) in [5.41, 5.74) is 0.936. The minimum absolute atomic E-state index is 0.0194. The monoisotopic (exact) mass is 237 g/mol. The lowest BCUT2D eigenvalue weighted by atomic mass is 9.99. The zero-order valence-electron chi connectivity index (χ0n) is 10.7. The topological polar surface area (TPSA) is 23.5 Å². The zero-order valence-corrected chi connectivity index (χ0v) is 10.7. The molecular weight excluding hydrogens is 217 g/mol. The fourth-order valence-corrected chi connectivity index (χ4v) is 2.59. The first-order chi connectivity index (χ1) is 7.88. The highest BCUT2D eigenvalue weighted by Gasteiger charge is 2.38. The number of nitrogens with zero attached hydrogens (tertiary/aromatic N) is 1. The third-order valence-electron chi connectivity index (χ3n) is 3.37. The number of aliphatic hydroxyl groups excluding tert-OH is 1. The van der Waals surface area contributed by atoms with Gasteiger partial charge in [-0.3, -0.25) is 4.90 Å². The largest absolute Gasteiger partial charge is 0.392 e. The molecule has 2 nitrogen and oxygen atoms in total. The smallest absolute Gasteiger partial charge is 0.123 e. The van der Waals surface area contributed by atoms with E-state index in [1.165, 1.54) is 6.07 Å². The highest BCUT2D eigenvalue weighted by atomic mass is 19.1. The second-order valence-corrected chi connectivity index (χ2v) is 5.78. The van der Waals surface area contributed by atoms with Crippen LogP contribution in [0.25, 0.3) is 0 Å². The Labute approximate surface area is 102 Å². The van der Waals surface area contributed by atoms with Crippen molar-refractivity contribution in [1.29, 1.82) is 0 Å². The first-order valence-electron chi connectivity index (χ1n) is 6.08. The van der Waals surface area contributed by atoms with Crippen molar-refractivity contribution < 1.29 is 9.50 Å². The van der Waals surface area contributed by atoms with Crippen LogP contribution in [0, 0.1) is 5.82 Å². The van der Waals surface area contributed by atoms with Crippen LogP contribution in [0.1, 0.15) is 38.8 Å². The summed E-state index contributed by atoms with van der Waals surface area (Å²) in [5, 5.41) is 9.83. The zero-order chi connectivity index (χ0) is 12.6. The molecule has 0 bridgehead atoms. The van der Waals surface area contributed by atoms with Gasteiger partial charge in [-0.25, -0.2) is 4.39 Å². The summed E-state index contributed by atoms with van der Waals surface area (Å²) in [7, 11) is 0. The molecule has 0 aliphatic carbocycles. The minimum Gasteiger partial charge on any atom is -0.392 e. The van der Waals surface area contributed by atoms with E-state index in [1.807, 2.05) is 6.07 Å². The number of likely N-dealkylation sites (tertiary alicyclic amines) is 1. The Kier molecular flexibility index (Phi) is 3.23. The van der Waals surface area contributed by atoms with Crippen LogP contribution in [0.2, 0.25) is 0 Å². The first kappa shape index (κ1) is 12.5. The van der Waals surface area contributed by atoms with E-state index in [0.717, 1.165) is 5.56 Å². The predicted octanol–water partition coefficient (Wildman–Crippen LogP) is 2.73. The van der Waals surface area contributed by atoms with Gasteiger partial charge in [-0.05, 0) is 44.9 Å². The molecule has 1 saturated heterocycles. The Bertz CT molecular complexity index is 399. The Morgan fingerprint density at radius 2 is 2.06 bits per heavy atom. The number of halogens is 1. The number of aliphatic hydroxyl groups is 1. The van der Waals surface area contributed by atoms with Crippen LogP contribution in [-0.2, 0) is 0 Å². The molecule has 0 saturated carbocycles. The van der Waals surface area contributed by atoms with Crippen LogP contribution in [0.5, 0.6) is 0 Å². The highest BCUT2D eigenvalue weighted by molar-refractivity contribution is 5.22. The van der Waals surface area contributed by atoms with Crippen molar-refractivity contribution in [2.75, 3.05) is 6.54 Å². The van der Waals surface area contributed by atoms with Crippen LogP contribution < -0.4 is 0 Å². The van der Waals surface area contributed by atoms with Gasteiger partial charge in [0, 0.05) is 18.1 Å². The number of hydrogen-bond acceptors (Lipinski definition) is 2. The molecule has 0 unspecified atom stereocenters. The van der Waals surface area contributed by atoms with Crippen LogP contribution in [0.15, 0.2) is 24.3 Å². The molecule has 1 aliphatic heterocycles. The van der Waals surface area contributed by atoms with Crippen LogP contribution in [-0.4, -0.2) is 28.2 Å². The van der Waals surface area contributed by atoms with Gasteiger partial charge in [0.05, 0.1) is 6.10 Å². The van der Waals surface area contributed by atoms with Crippen molar-refractivity contribution in [1.82, 2.24) is 4.90 Å². The molecule has 0 amide bonds. The molecule has 1 aliphatic rings. The number of hydrogen-bond donors (Lipinski definition) is 1. The molecule has 0 spiro atoms. The van der Waals surface area contributed by atoms with Crippen LogP contribution in [0.3, 0.4) is 0 Å². The van der Waals surface area contributed by atoms with E-state index in [2.05, 4.69) is 25.7 Å². The first-order valence-corrected chi connectivity index (χ1v) is 6.08. The molecule has 94 valence electrons. The summed E-state index contributed by atoms with van der Waals surface area (Å²) in [6.45, 7) is 7.02. The summed E-state index contributed by atoms with van der Waals surface area (Å²) in [5.74, 6) is -0.210. The standard InChI is InChI=1S/C14H20FNO/c1-14(2,3)16-9-12(17)8-13(16)10-5-4-6-11(15)7-10/h4-7,12-13,17H,8-9H2,1-3H3/t12-,13+/m1/s1. The molecule has 3 heteroatoms. The molecule has 2 rings (SSSR count). The maximum Gasteiger partial charge on any atom is 0.123 e. The summed E-state index contributed by atoms with van der Waals surface area (Å²) in [6.07, 6.45) is 0.364. The van der Waals surface area contributed by atoms with Gasteiger partial charge in [-0.15, -0.1) is 0 Å².